The number of hydrogen-bond acceptors (Lipinski definition) is 7. The molecule has 0 spiro atoms. The van der Waals surface area contributed by atoms with E-state index in [1.54, 1.807) is 43.5 Å². The Balaban J connectivity index is 1.47. The molecular formula is C28H25IN2O6S. The number of aryl methyl sites for hydroxylation is 1. The van der Waals surface area contributed by atoms with Crippen molar-refractivity contribution in [2.24, 2.45) is 0 Å². The third-order valence-corrected chi connectivity index (χ3v) is 7.32. The minimum atomic E-state index is -0.538. The second-order valence-electron chi connectivity index (χ2n) is 8.32. The van der Waals surface area contributed by atoms with E-state index in [9.17, 15) is 14.4 Å². The van der Waals surface area contributed by atoms with Gasteiger partial charge >= 0.3 is 0 Å². The molecule has 4 rings (SSSR count). The zero-order valence-electron chi connectivity index (χ0n) is 20.9. The standard InChI is InChI=1S/C28H25IN2O6S/c1-17-8-10-18(11-9-17)16-37-26-20(29)12-19(13-23(26)36-3)14-24-27(33)31(28(34)38-24)15-25(32)30-21-6-4-5-7-22(21)35-2/h4-14H,15-16H2,1-3H3,(H,30,32)/b24-14-. The average Bonchev–Trinajstić information content (AvgIpc) is 3.16. The summed E-state index contributed by atoms with van der Waals surface area (Å²) in [5.41, 5.74) is 3.32. The zero-order valence-corrected chi connectivity index (χ0v) is 23.9. The molecule has 1 N–H and O–H groups in total. The van der Waals surface area contributed by atoms with Gasteiger partial charge in [0.2, 0.25) is 5.91 Å². The normalized spacial score (nSPS) is 14.1. The number of amides is 3. The molecule has 0 atom stereocenters. The first-order chi connectivity index (χ1) is 18.3. The van der Waals surface area contributed by atoms with Gasteiger partial charge in [-0.1, -0.05) is 42.0 Å². The average molecular weight is 644 g/mol. The van der Waals surface area contributed by atoms with Crippen molar-refractivity contribution in [2.75, 3.05) is 26.1 Å². The zero-order chi connectivity index (χ0) is 27.2. The summed E-state index contributed by atoms with van der Waals surface area (Å²) < 4.78 is 17.6. The molecule has 0 unspecified atom stereocenters. The molecule has 1 aliphatic rings. The molecule has 8 nitrogen and oxygen atoms in total. The molecule has 0 aliphatic carbocycles. The molecule has 196 valence electrons. The van der Waals surface area contributed by atoms with Crippen LogP contribution >= 0.6 is 34.4 Å². The van der Waals surface area contributed by atoms with E-state index < -0.39 is 23.6 Å². The Morgan fingerprint density at radius 1 is 1.03 bits per heavy atom. The summed E-state index contributed by atoms with van der Waals surface area (Å²) in [6.07, 6.45) is 1.61. The highest BCUT2D eigenvalue weighted by Gasteiger charge is 2.36. The maximum atomic E-state index is 13.0. The maximum Gasteiger partial charge on any atom is 0.294 e. The van der Waals surface area contributed by atoms with E-state index in [2.05, 4.69) is 27.9 Å². The van der Waals surface area contributed by atoms with E-state index in [-0.39, 0.29) is 4.91 Å². The van der Waals surface area contributed by atoms with Crippen LogP contribution in [-0.2, 0) is 16.2 Å². The lowest BCUT2D eigenvalue weighted by atomic mass is 10.1. The monoisotopic (exact) mass is 644 g/mol. The highest BCUT2D eigenvalue weighted by molar-refractivity contribution is 14.1. The van der Waals surface area contributed by atoms with Gasteiger partial charge in [0.15, 0.2) is 11.5 Å². The van der Waals surface area contributed by atoms with Crippen LogP contribution in [0.2, 0.25) is 0 Å². The Morgan fingerprint density at radius 3 is 2.45 bits per heavy atom. The second kappa shape index (κ2) is 12.4. The smallest absolute Gasteiger partial charge is 0.294 e. The number of thioether (sulfide) groups is 1. The Morgan fingerprint density at radius 2 is 1.74 bits per heavy atom. The number of benzene rings is 3. The van der Waals surface area contributed by atoms with Crippen molar-refractivity contribution in [1.29, 1.82) is 0 Å². The van der Waals surface area contributed by atoms with E-state index in [0.717, 1.165) is 25.8 Å². The molecule has 38 heavy (non-hydrogen) atoms. The van der Waals surface area contributed by atoms with Gasteiger partial charge in [0, 0.05) is 0 Å². The van der Waals surface area contributed by atoms with Crippen LogP contribution < -0.4 is 19.5 Å². The van der Waals surface area contributed by atoms with Crippen LogP contribution in [0.5, 0.6) is 17.2 Å². The molecule has 3 amide bonds. The summed E-state index contributed by atoms with van der Waals surface area (Å²) in [6.45, 7) is 2.00. The summed E-state index contributed by atoms with van der Waals surface area (Å²) >= 11 is 2.93. The number of nitrogens with zero attached hydrogens (tertiary/aromatic N) is 1. The van der Waals surface area contributed by atoms with Crippen LogP contribution in [0.25, 0.3) is 6.08 Å². The Hall–Kier alpha value is -3.51. The lowest BCUT2D eigenvalue weighted by Gasteiger charge is -2.14. The fraction of sp³-hybridized carbons (Fsp3) is 0.179. The first-order valence-corrected chi connectivity index (χ1v) is 13.4. The molecule has 0 aromatic heterocycles. The largest absolute Gasteiger partial charge is 0.495 e. The molecule has 1 saturated heterocycles. The number of carbonyl (C=O) groups is 3. The van der Waals surface area contributed by atoms with Crippen LogP contribution in [-0.4, -0.2) is 42.7 Å². The Bertz CT molecular complexity index is 1410. The van der Waals surface area contributed by atoms with Crippen molar-refractivity contribution in [3.63, 3.8) is 0 Å². The topological polar surface area (TPSA) is 94.2 Å². The van der Waals surface area contributed by atoms with Gasteiger partial charge in [-0.3, -0.25) is 19.3 Å². The number of carbonyl (C=O) groups excluding carboxylic acids is 3. The third kappa shape index (κ3) is 6.48. The molecule has 1 aliphatic heterocycles. The summed E-state index contributed by atoms with van der Waals surface area (Å²) in [5, 5.41) is 2.16. The van der Waals surface area contributed by atoms with Crippen molar-refractivity contribution in [3.8, 4) is 17.2 Å². The molecule has 1 heterocycles. The van der Waals surface area contributed by atoms with Gasteiger partial charge in [0.1, 0.15) is 18.9 Å². The maximum absolute atomic E-state index is 13.0. The molecule has 10 heteroatoms. The number of halogens is 1. The van der Waals surface area contributed by atoms with E-state index in [0.29, 0.717) is 35.1 Å². The van der Waals surface area contributed by atoms with Crippen molar-refractivity contribution in [2.45, 2.75) is 13.5 Å². The van der Waals surface area contributed by atoms with Gasteiger partial charge < -0.3 is 19.5 Å². The SMILES string of the molecule is COc1ccccc1NC(=O)CN1C(=O)S/C(=C\c2cc(I)c(OCc3ccc(C)cc3)c(OC)c2)C1=O. The predicted octanol–water partition coefficient (Wildman–Crippen LogP) is 5.87. The van der Waals surface area contributed by atoms with Gasteiger partial charge in [0.05, 0.1) is 28.4 Å². The molecule has 1 fully saturated rings. The number of anilines is 1. The summed E-state index contributed by atoms with van der Waals surface area (Å²) in [4.78, 5) is 39.2. The number of methoxy groups -OCH3 is 2. The summed E-state index contributed by atoms with van der Waals surface area (Å²) in [6, 6.07) is 18.6. The molecule has 3 aromatic rings. The minimum Gasteiger partial charge on any atom is -0.495 e. The lowest BCUT2D eigenvalue weighted by Crippen LogP contribution is -2.36. The molecule has 0 bridgehead atoms. The minimum absolute atomic E-state index is 0.214. The number of rotatable bonds is 9. The van der Waals surface area contributed by atoms with Gasteiger partial charge in [0.25, 0.3) is 11.1 Å². The van der Waals surface area contributed by atoms with Crippen LogP contribution in [0.1, 0.15) is 16.7 Å². The molecule has 3 aromatic carbocycles. The van der Waals surface area contributed by atoms with Gasteiger partial charge in [-0.25, -0.2) is 0 Å². The van der Waals surface area contributed by atoms with Crippen LogP contribution in [0.15, 0.2) is 65.6 Å². The number of imide groups is 1. The van der Waals surface area contributed by atoms with Crippen molar-refractivity contribution >= 4 is 63.2 Å². The predicted molar refractivity (Wildman–Crippen MR) is 156 cm³/mol. The van der Waals surface area contributed by atoms with E-state index in [1.165, 1.54) is 12.7 Å². The van der Waals surface area contributed by atoms with Crippen molar-refractivity contribution in [3.05, 3.63) is 85.8 Å². The number of ether oxygens (including phenoxy) is 3. The summed E-state index contributed by atoms with van der Waals surface area (Å²) in [7, 11) is 3.03. The highest BCUT2D eigenvalue weighted by Crippen LogP contribution is 2.37. The van der Waals surface area contributed by atoms with Crippen LogP contribution in [0.3, 0.4) is 0 Å². The fourth-order valence-electron chi connectivity index (χ4n) is 3.67. The number of hydrogen-bond donors (Lipinski definition) is 1. The van der Waals surface area contributed by atoms with Gasteiger partial charge in [-0.05, 0) is 82.7 Å². The van der Waals surface area contributed by atoms with Crippen molar-refractivity contribution in [1.82, 2.24) is 4.90 Å². The number of nitrogens with one attached hydrogen (secondary N) is 1. The van der Waals surface area contributed by atoms with E-state index in [4.69, 9.17) is 14.2 Å². The quantitative estimate of drug-likeness (QED) is 0.230. The summed E-state index contributed by atoms with van der Waals surface area (Å²) in [5.74, 6) is 0.524. The van der Waals surface area contributed by atoms with Crippen molar-refractivity contribution < 1.29 is 28.6 Å². The first-order valence-electron chi connectivity index (χ1n) is 11.5. The molecule has 0 saturated carbocycles. The first kappa shape index (κ1) is 27.5. The van der Waals surface area contributed by atoms with E-state index >= 15 is 0 Å². The second-order valence-corrected chi connectivity index (χ2v) is 10.5. The molecular weight excluding hydrogens is 619 g/mol. The molecule has 0 radical (unpaired) electrons. The Labute approximate surface area is 238 Å². The van der Waals surface area contributed by atoms with Gasteiger partial charge in [-0.2, -0.15) is 0 Å². The van der Waals surface area contributed by atoms with Crippen LogP contribution in [0, 0.1) is 10.5 Å². The third-order valence-electron chi connectivity index (χ3n) is 5.61. The number of para-hydroxylation sites is 2. The Kier molecular flexibility index (Phi) is 8.95. The van der Waals surface area contributed by atoms with E-state index in [1.807, 2.05) is 37.3 Å². The lowest BCUT2D eigenvalue weighted by molar-refractivity contribution is -0.127. The van der Waals surface area contributed by atoms with Gasteiger partial charge in [-0.15, -0.1) is 0 Å². The highest BCUT2D eigenvalue weighted by atomic mass is 127. The fourth-order valence-corrected chi connectivity index (χ4v) is 5.29. The van der Waals surface area contributed by atoms with Crippen LogP contribution in [0.4, 0.5) is 10.5 Å².